The average molecular weight is 517 g/mol. The quantitative estimate of drug-likeness (QED) is 0.399. The minimum absolute atomic E-state index is 0.0626. The molecule has 3 aliphatic rings. The van der Waals surface area contributed by atoms with E-state index in [1.807, 2.05) is 12.1 Å². The Bertz CT molecular complexity index is 1210. The molecule has 196 valence electrons. The van der Waals surface area contributed by atoms with E-state index < -0.39 is 29.7 Å². The number of fused-ring (bicyclic) bond motifs is 1. The van der Waals surface area contributed by atoms with Crippen LogP contribution in [-0.4, -0.2) is 59.3 Å². The molecule has 0 bridgehead atoms. The monoisotopic (exact) mass is 516 g/mol. The highest BCUT2D eigenvalue weighted by Gasteiger charge is 2.64. The van der Waals surface area contributed by atoms with Crippen molar-refractivity contribution in [3.8, 4) is 0 Å². The number of benzene rings is 2. The Hall–Kier alpha value is -3.16. The number of likely N-dealkylation sites (tertiary alicyclic amines) is 1. The van der Waals surface area contributed by atoms with Crippen molar-refractivity contribution in [3.05, 3.63) is 70.8 Å². The van der Waals surface area contributed by atoms with Gasteiger partial charge >= 0.3 is 12.2 Å². The Morgan fingerprint density at radius 1 is 1.22 bits per heavy atom. The molecule has 2 aromatic carbocycles. The van der Waals surface area contributed by atoms with Gasteiger partial charge in [0, 0.05) is 43.3 Å². The van der Waals surface area contributed by atoms with Gasteiger partial charge in [0.15, 0.2) is 5.69 Å². The molecule has 1 heterocycles. The highest BCUT2D eigenvalue weighted by Crippen LogP contribution is 2.65. The van der Waals surface area contributed by atoms with Crippen molar-refractivity contribution in [2.75, 3.05) is 31.5 Å². The predicted octanol–water partition coefficient (Wildman–Crippen LogP) is 5.42. The summed E-state index contributed by atoms with van der Waals surface area (Å²) in [5, 5.41) is 12.4. The van der Waals surface area contributed by atoms with Crippen LogP contribution in [0.3, 0.4) is 0 Å². The molecule has 1 aliphatic heterocycles. The lowest BCUT2D eigenvalue weighted by atomic mass is 9.93. The number of rotatable bonds is 6. The first-order valence-corrected chi connectivity index (χ1v) is 12.4. The molecule has 2 saturated carbocycles. The minimum atomic E-state index is -4.87. The molecular formula is C27H28F4N4O2. The summed E-state index contributed by atoms with van der Waals surface area (Å²) in [4.78, 5) is 20.7. The smallest absolute Gasteiger partial charge is 0.392 e. The number of nitrogens with one attached hydrogen (secondary N) is 1. The summed E-state index contributed by atoms with van der Waals surface area (Å²) in [5.74, 6) is -1.18. The Morgan fingerprint density at radius 3 is 2.59 bits per heavy atom. The van der Waals surface area contributed by atoms with Gasteiger partial charge in [0.1, 0.15) is 5.82 Å². The second-order valence-electron chi connectivity index (χ2n) is 10.3. The SMILES string of the molecule is [C-]#[N+]c1ccc([C@]23CC[C@@H](N(CCN4CC[C@@H](O)C4)C(=O)Nc4ccc(F)c(C(F)(F)F)c4)[C@H]2C3)cc1. The maximum atomic E-state index is 13.8. The van der Waals surface area contributed by atoms with E-state index in [9.17, 15) is 27.5 Å². The zero-order valence-corrected chi connectivity index (χ0v) is 20.1. The van der Waals surface area contributed by atoms with Crippen LogP contribution < -0.4 is 5.32 Å². The third kappa shape index (κ3) is 5.03. The van der Waals surface area contributed by atoms with Gasteiger partial charge in [0.05, 0.1) is 18.2 Å². The number of alkyl halides is 3. The summed E-state index contributed by atoms with van der Waals surface area (Å²) in [7, 11) is 0. The molecular weight excluding hydrogens is 488 g/mol. The number of amides is 2. The van der Waals surface area contributed by atoms with E-state index in [0.717, 1.165) is 37.4 Å². The maximum Gasteiger partial charge on any atom is 0.419 e. The molecule has 2 N–H and O–H groups in total. The number of hydrogen-bond acceptors (Lipinski definition) is 3. The predicted molar refractivity (Wildman–Crippen MR) is 130 cm³/mol. The molecule has 0 aromatic heterocycles. The zero-order chi connectivity index (χ0) is 26.4. The molecule has 10 heteroatoms. The topological polar surface area (TPSA) is 60.2 Å². The minimum Gasteiger partial charge on any atom is -0.392 e. The van der Waals surface area contributed by atoms with Gasteiger partial charge < -0.3 is 15.3 Å². The molecule has 6 nitrogen and oxygen atoms in total. The van der Waals surface area contributed by atoms with Crippen LogP contribution in [0.4, 0.5) is 33.7 Å². The summed E-state index contributed by atoms with van der Waals surface area (Å²) >= 11 is 0. The fourth-order valence-corrected chi connectivity index (χ4v) is 6.15. The normalized spacial score (nSPS) is 27.0. The number of urea groups is 1. The van der Waals surface area contributed by atoms with Crippen molar-refractivity contribution >= 4 is 17.4 Å². The summed E-state index contributed by atoms with van der Waals surface area (Å²) < 4.78 is 53.3. The maximum absolute atomic E-state index is 13.8. The van der Waals surface area contributed by atoms with E-state index in [4.69, 9.17) is 6.57 Å². The van der Waals surface area contributed by atoms with E-state index in [2.05, 4.69) is 15.1 Å². The summed E-state index contributed by atoms with van der Waals surface area (Å²) in [6.07, 6.45) is -2.08. The number of halogens is 4. The molecule has 2 aromatic rings. The van der Waals surface area contributed by atoms with E-state index >= 15 is 0 Å². The Morgan fingerprint density at radius 2 is 1.97 bits per heavy atom. The van der Waals surface area contributed by atoms with Gasteiger partial charge in [-0.05, 0) is 55.4 Å². The lowest BCUT2D eigenvalue weighted by Crippen LogP contribution is -2.47. The lowest BCUT2D eigenvalue weighted by Gasteiger charge is -2.32. The number of β-amino-alcohol motifs (C(OH)–C–C–N with tert-alkyl or cyclic N) is 1. The van der Waals surface area contributed by atoms with E-state index in [1.165, 1.54) is 0 Å². The van der Waals surface area contributed by atoms with E-state index in [0.29, 0.717) is 43.9 Å². The molecule has 2 amide bonds. The number of hydrogen-bond donors (Lipinski definition) is 2. The van der Waals surface area contributed by atoms with Crippen LogP contribution in [0, 0.1) is 18.3 Å². The fraction of sp³-hybridized carbons (Fsp3) is 0.481. The van der Waals surface area contributed by atoms with Crippen molar-refractivity contribution in [2.45, 2.75) is 49.4 Å². The molecule has 1 saturated heterocycles. The Balaban J connectivity index is 1.35. The molecule has 3 fully saturated rings. The second kappa shape index (κ2) is 9.62. The van der Waals surface area contributed by atoms with Crippen molar-refractivity contribution in [1.29, 1.82) is 0 Å². The molecule has 0 spiro atoms. The molecule has 2 aliphatic carbocycles. The second-order valence-corrected chi connectivity index (χ2v) is 10.3. The largest absolute Gasteiger partial charge is 0.419 e. The highest BCUT2D eigenvalue weighted by molar-refractivity contribution is 5.89. The van der Waals surface area contributed by atoms with Crippen LogP contribution in [-0.2, 0) is 11.6 Å². The zero-order valence-electron chi connectivity index (χ0n) is 20.1. The number of aliphatic hydroxyl groups excluding tert-OH is 1. The standard InChI is InChI=1S/C27H28F4N4O2/c1-32-18-4-2-17(3-5-18)26-10-8-24(22(26)15-26)35(13-12-34-11-9-20(36)16-34)25(37)33-19-6-7-23(28)21(14-19)27(29,30)31/h2-7,14,20,22,24,36H,8-13,15-16H2,(H,33,37)/t20-,22-,24-,26-/m1/s1. The van der Waals surface area contributed by atoms with Gasteiger partial charge in [0.25, 0.3) is 0 Å². The first-order chi connectivity index (χ1) is 17.6. The molecule has 0 unspecified atom stereocenters. The van der Waals surface area contributed by atoms with Gasteiger partial charge in [-0.25, -0.2) is 14.0 Å². The third-order valence-electron chi connectivity index (χ3n) is 8.14. The van der Waals surface area contributed by atoms with E-state index in [-0.39, 0.29) is 23.1 Å². The first-order valence-electron chi connectivity index (χ1n) is 12.4. The first kappa shape index (κ1) is 25.5. The molecule has 5 rings (SSSR count). The van der Waals surface area contributed by atoms with Crippen molar-refractivity contribution in [3.63, 3.8) is 0 Å². The fourth-order valence-electron chi connectivity index (χ4n) is 6.15. The number of carbonyl (C=O) groups is 1. The number of carbonyl (C=O) groups excluding carboxylic acids is 1. The number of anilines is 1. The van der Waals surface area contributed by atoms with Crippen LogP contribution in [0.2, 0.25) is 0 Å². The van der Waals surface area contributed by atoms with Gasteiger partial charge in [-0.15, -0.1) is 0 Å². The number of nitrogens with zero attached hydrogens (tertiary/aromatic N) is 3. The highest BCUT2D eigenvalue weighted by atomic mass is 19.4. The van der Waals surface area contributed by atoms with Crippen molar-refractivity contribution < 1.29 is 27.5 Å². The van der Waals surface area contributed by atoms with E-state index in [1.54, 1.807) is 17.0 Å². The van der Waals surface area contributed by atoms with Crippen LogP contribution in [0.1, 0.15) is 36.8 Å². The summed E-state index contributed by atoms with van der Waals surface area (Å²) in [5.41, 5.74) is 0.109. The summed E-state index contributed by atoms with van der Waals surface area (Å²) in [6, 6.07) is 9.40. The molecule has 0 radical (unpaired) electrons. The van der Waals surface area contributed by atoms with Gasteiger partial charge in [-0.3, -0.25) is 4.90 Å². The van der Waals surface area contributed by atoms with Gasteiger partial charge in [0.2, 0.25) is 0 Å². The van der Waals surface area contributed by atoms with Crippen molar-refractivity contribution in [2.24, 2.45) is 5.92 Å². The molecule has 37 heavy (non-hydrogen) atoms. The van der Waals surface area contributed by atoms with Crippen LogP contribution in [0.5, 0.6) is 0 Å². The van der Waals surface area contributed by atoms with Crippen LogP contribution in [0.15, 0.2) is 42.5 Å². The Labute approximate surface area is 212 Å². The third-order valence-corrected chi connectivity index (χ3v) is 8.14. The van der Waals surface area contributed by atoms with Gasteiger partial charge in [-0.1, -0.05) is 24.3 Å². The summed E-state index contributed by atoms with van der Waals surface area (Å²) in [6.45, 7) is 9.31. The lowest BCUT2D eigenvalue weighted by molar-refractivity contribution is -0.139. The Kier molecular flexibility index (Phi) is 6.62. The van der Waals surface area contributed by atoms with Crippen molar-refractivity contribution in [1.82, 2.24) is 9.80 Å². The van der Waals surface area contributed by atoms with Gasteiger partial charge in [-0.2, -0.15) is 13.2 Å². The van der Waals surface area contributed by atoms with Crippen LogP contribution in [0.25, 0.3) is 4.85 Å². The number of aliphatic hydroxyl groups is 1. The molecule has 4 atom stereocenters. The van der Waals surface area contributed by atoms with Crippen LogP contribution >= 0.6 is 0 Å². The average Bonchev–Trinajstić information content (AvgIpc) is 3.26.